The van der Waals surface area contributed by atoms with E-state index < -0.39 is 17.8 Å². The van der Waals surface area contributed by atoms with Gasteiger partial charge in [0.15, 0.2) is 0 Å². The molecule has 0 fully saturated rings. The van der Waals surface area contributed by atoms with Crippen LogP contribution >= 0.6 is 11.6 Å². The van der Waals surface area contributed by atoms with E-state index in [-0.39, 0.29) is 5.75 Å². The number of rotatable bonds is 6. The lowest BCUT2D eigenvalue weighted by Gasteiger charge is -2.11. The predicted octanol–water partition coefficient (Wildman–Crippen LogP) is 4.81. The van der Waals surface area contributed by atoms with E-state index in [1.165, 1.54) is 13.3 Å². The zero-order valence-electron chi connectivity index (χ0n) is 19.0. The summed E-state index contributed by atoms with van der Waals surface area (Å²) in [5.41, 5.74) is 3.38. The van der Waals surface area contributed by atoms with Crippen LogP contribution in [0.2, 0.25) is 5.02 Å². The van der Waals surface area contributed by atoms with E-state index >= 15 is 0 Å². The van der Waals surface area contributed by atoms with Gasteiger partial charge in [0, 0.05) is 16.3 Å². The van der Waals surface area contributed by atoms with Crippen LogP contribution in [0.25, 0.3) is 10.8 Å². The maximum absolute atomic E-state index is 12.7. The number of carbonyl (C=O) groups is 3. The molecule has 0 heterocycles. The molecular formula is C27H20ClN3O5. The van der Waals surface area contributed by atoms with Gasteiger partial charge in [0.05, 0.1) is 18.9 Å². The van der Waals surface area contributed by atoms with Gasteiger partial charge in [0.25, 0.3) is 0 Å². The van der Waals surface area contributed by atoms with Crippen molar-refractivity contribution in [3.05, 3.63) is 101 Å². The van der Waals surface area contributed by atoms with Gasteiger partial charge < -0.3 is 14.8 Å². The monoisotopic (exact) mass is 501 g/mol. The van der Waals surface area contributed by atoms with Crippen LogP contribution in [-0.2, 0) is 9.59 Å². The third-order valence-electron chi connectivity index (χ3n) is 5.13. The van der Waals surface area contributed by atoms with E-state index in [2.05, 4.69) is 15.8 Å². The van der Waals surface area contributed by atoms with Crippen LogP contribution in [0.3, 0.4) is 0 Å². The highest BCUT2D eigenvalue weighted by atomic mass is 35.5. The summed E-state index contributed by atoms with van der Waals surface area (Å²) >= 11 is 5.82. The fourth-order valence-corrected chi connectivity index (χ4v) is 3.44. The van der Waals surface area contributed by atoms with Crippen molar-refractivity contribution >= 4 is 52.1 Å². The first-order chi connectivity index (χ1) is 17.4. The Hall–Kier alpha value is -4.69. The molecule has 9 heteroatoms. The summed E-state index contributed by atoms with van der Waals surface area (Å²) in [4.78, 5) is 37.1. The Bertz CT molecular complexity index is 1450. The fraction of sp³-hybridized carbons (Fsp3) is 0.0370. The number of esters is 1. The quantitative estimate of drug-likeness (QED) is 0.130. The lowest BCUT2D eigenvalue weighted by molar-refractivity contribution is -0.136. The molecule has 4 aromatic carbocycles. The molecule has 0 spiro atoms. The lowest BCUT2D eigenvalue weighted by Crippen LogP contribution is -2.32. The van der Waals surface area contributed by atoms with Crippen molar-refractivity contribution in [3.8, 4) is 11.5 Å². The molecule has 0 aliphatic heterocycles. The number of carbonyl (C=O) groups excluding carboxylic acids is 3. The molecule has 8 nitrogen and oxygen atoms in total. The Morgan fingerprint density at radius 2 is 1.58 bits per heavy atom. The van der Waals surface area contributed by atoms with Crippen LogP contribution < -0.4 is 20.2 Å². The highest BCUT2D eigenvalue weighted by molar-refractivity contribution is 6.39. The van der Waals surface area contributed by atoms with Crippen molar-refractivity contribution in [2.45, 2.75) is 0 Å². The van der Waals surface area contributed by atoms with Crippen molar-refractivity contribution in [1.29, 1.82) is 0 Å². The number of ether oxygens (including phenoxy) is 2. The number of hydrazone groups is 1. The third kappa shape index (κ3) is 5.86. The molecule has 36 heavy (non-hydrogen) atoms. The van der Waals surface area contributed by atoms with Crippen LogP contribution in [-0.4, -0.2) is 31.1 Å². The van der Waals surface area contributed by atoms with Gasteiger partial charge in [-0.15, -0.1) is 0 Å². The van der Waals surface area contributed by atoms with Crippen LogP contribution in [0.4, 0.5) is 5.69 Å². The molecule has 0 radical (unpaired) electrons. The molecule has 180 valence electrons. The highest BCUT2D eigenvalue weighted by Crippen LogP contribution is 2.27. The summed E-state index contributed by atoms with van der Waals surface area (Å²) in [6.07, 6.45) is 1.33. The summed E-state index contributed by atoms with van der Waals surface area (Å²) in [6, 6.07) is 23.7. The van der Waals surface area contributed by atoms with E-state index in [9.17, 15) is 14.4 Å². The normalized spacial score (nSPS) is 10.7. The van der Waals surface area contributed by atoms with Gasteiger partial charge in [0.1, 0.15) is 11.5 Å². The number of benzene rings is 4. The molecule has 0 aromatic heterocycles. The second kappa shape index (κ2) is 11.2. The van der Waals surface area contributed by atoms with E-state index in [1.54, 1.807) is 60.7 Å². The molecular weight excluding hydrogens is 482 g/mol. The van der Waals surface area contributed by atoms with Crippen molar-refractivity contribution in [1.82, 2.24) is 5.43 Å². The molecule has 4 rings (SSSR count). The van der Waals surface area contributed by atoms with Crippen molar-refractivity contribution < 1.29 is 23.9 Å². The third-order valence-corrected chi connectivity index (χ3v) is 5.38. The first-order valence-electron chi connectivity index (χ1n) is 10.7. The predicted molar refractivity (Wildman–Crippen MR) is 138 cm³/mol. The number of hydrogen-bond donors (Lipinski definition) is 2. The highest BCUT2D eigenvalue weighted by Gasteiger charge is 2.15. The number of amides is 2. The number of anilines is 1. The molecule has 2 amide bonds. The van der Waals surface area contributed by atoms with Gasteiger partial charge in [0.2, 0.25) is 0 Å². The summed E-state index contributed by atoms with van der Waals surface area (Å²) in [5.74, 6) is -1.61. The zero-order valence-corrected chi connectivity index (χ0v) is 19.8. The second-order valence-electron chi connectivity index (χ2n) is 7.48. The van der Waals surface area contributed by atoms with Crippen LogP contribution in [0.1, 0.15) is 15.9 Å². The molecule has 0 unspecified atom stereocenters. The number of fused-ring (bicyclic) bond motifs is 1. The summed E-state index contributed by atoms with van der Waals surface area (Å²) in [7, 11) is 1.54. The molecule has 0 aliphatic carbocycles. The van der Waals surface area contributed by atoms with Gasteiger partial charge in [-0.05, 0) is 65.4 Å². The average molecular weight is 502 g/mol. The molecule has 0 aliphatic rings. The Morgan fingerprint density at radius 1 is 0.861 bits per heavy atom. The fourth-order valence-electron chi connectivity index (χ4n) is 3.31. The van der Waals surface area contributed by atoms with Gasteiger partial charge in [-0.2, -0.15) is 5.10 Å². The Balaban J connectivity index is 1.52. The number of halogens is 1. The van der Waals surface area contributed by atoms with E-state index in [0.717, 1.165) is 10.8 Å². The van der Waals surface area contributed by atoms with E-state index in [4.69, 9.17) is 21.1 Å². The van der Waals surface area contributed by atoms with Gasteiger partial charge >= 0.3 is 17.8 Å². The van der Waals surface area contributed by atoms with Crippen molar-refractivity contribution in [2.75, 3.05) is 12.4 Å². The smallest absolute Gasteiger partial charge is 0.343 e. The standard InChI is InChI=1S/C27H20ClN3O5/c1-35-21-13-6-18(7-14-21)27(34)36-24-15-8-17-4-2-3-5-22(17)23(24)16-29-31-26(33)25(32)30-20-11-9-19(28)10-12-20/h2-16H,1H3,(H,30,32)(H,31,33)/b29-16-. The Kier molecular flexibility index (Phi) is 7.57. The van der Waals surface area contributed by atoms with E-state index in [1.807, 2.05) is 24.3 Å². The number of nitrogens with zero attached hydrogens (tertiary/aromatic N) is 1. The van der Waals surface area contributed by atoms with Gasteiger partial charge in [-0.25, -0.2) is 10.2 Å². The number of methoxy groups -OCH3 is 1. The molecule has 0 saturated heterocycles. The van der Waals surface area contributed by atoms with Crippen LogP contribution in [0, 0.1) is 0 Å². The van der Waals surface area contributed by atoms with Crippen LogP contribution in [0.5, 0.6) is 11.5 Å². The summed E-state index contributed by atoms with van der Waals surface area (Å²) < 4.78 is 10.7. The van der Waals surface area contributed by atoms with Gasteiger partial charge in [-0.3, -0.25) is 9.59 Å². The first kappa shape index (κ1) is 24.4. The topological polar surface area (TPSA) is 106 Å². The first-order valence-corrected chi connectivity index (χ1v) is 11.1. The van der Waals surface area contributed by atoms with Crippen LogP contribution in [0.15, 0.2) is 90.0 Å². The average Bonchev–Trinajstić information content (AvgIpc) is 2.90. The van der Waals surface area contributed by atoms with E-state index in [0.29, 0.717) is 27.6 Å². The number of hydrogen-bond acceptors (Lipinski definition) is 6. The largest absolute Gasteiger partial charge is 0.497 e. The zero-order chi connectivity index (χ0) is 25.5. The summed E-state index contributed by atoms with van der Waals surface area (Å²) in [6.45, 7) is 0. The lowest BCUT2D eigenvalue weighted by atomic mass is 10.0. The molecule has 0 bridgehead atoms. The molecule has 2 N–H and O–H groups in total. The summed E-state index contributed by atoms with van der Waals surface area (Å²) in [5, 5.41) is 8.47. The Morgan fingerprint density at radius 3 is 2.31 bits per heavy atom. The maximum Gasteiger partial charge on any atom is 0.343 e. The van der Waals surface area contributed by atoms with Crippen molar-refractivity contribution in [3.63, 3.8) is 0 Å². The minimum atomic E-state index is -0.974. The molecule has 4 aromatic rings. The van der Waals surface area contributed by atoms with Gasteiger partial charge in [-0.1, -0.05) is 41.9 Å². The SMILES string of the molecule is COc1ccc(C(=O)Oc2ccc3ccccc3c2/C=N\NC(=O)C(=O)Nc2ccc(Cl)cc2)cc1. The second-order valence-corrected chi connectivity index (χ2v) is 7.91. The molecule has 0 atom stereocenters. The maximum atomic E-state index is 12.7. The Labute approximate surface area is 211 Å². The number of nitrogens with one attached hydrogen (secondary N) is 2. The minimum Gasteiger partial charge on any atom is -0.497 e. The van der Waals surface area contributed by atoms with Crippen molar-refractivity contribution in [2.24, 2.45) is 5.10 Å². The minimum absolute atomic E-state index is 0.234. The molecule has 0 saturated carbocycles.